The van der Waals surface area contributed by atoms with E-state index in [0.717, 1.165) is 5.57 Å². The third-order valence-electron chi connectivity index (χ3n) is 4.09. The second kappa shape index (κ2) is 5.36. The summed E-state index contributed by atoms with van der Waals surface area (Å²) in [6.45, 7) is 13.4. The number of hydrogen-bond acceptors (Lipinski definition) is 2. The molecule has 0 radical (unpaired) electrons. The molecule has 1 aliphatic rings. The SMILES string of the molecule is CC(C)(C)c1cccc(C2=CCC(O)(O)C=C2)c1C(C)(C)C. The Labute approximate surface area is 134 Å². The number of benzene rings is 1. The molecule has 0 fully saturated rings. The fourth-order valence-electron chi connectivity index (χ4n) is 3.05. The predicted octanol–water partition coefficient (Wildman–Crippen LogP) is 4.31. The molecule has 0 atom stereocenters. The molecule has 0 saturated heterocycles. The Bertz CT molecular complexity index is 620. The Balaban J connectivity index is 2.64. The first-order valence-corrected chi connectivity index (χ1v) is 7.90. The van der Waals surface area contributed by atoms with Crippen molar-refractivity contribution in [2.75, 3.05) is 0 Å². The minimum atomic E-state index is -1.72. The largest absolute Gasteiger partial charge is 0.362 e. The van der Waals surface area contributed by atoms with Crippen LogP contribution in [0.15, 0.2) is 36.4 Å². The van der Waals surface area contributed by atoms with Crippen LogP contribution >= 0.6 is 0 Å². The van der Waals surface area contributed by atoms with E-state index in [9.17, 15) is 10.2 Å². The van der Waals surface area contributed by atoms with Crippen molar-refractivity contribution in [3.8, 4) is 0 Å². The van der Waals surface area contributed by atoms with Crippen LogP contribution in [-0.4, -0.2) is 16.0 Å². The topological polar surface area (TPSA) is 40.5 Å². The molecule has 0 bridgehead atoms. The van der Waals surface area contributed by atoms with Crippen molar-refractivity contribution in [1.29, 1.82) is 0 Å². The lowest BCUT2D eigenvalue weighted by atomic mass is 9.72. The van der Waals surface area contributed by atoms with E-state index in [-0.39, 0.29) is 17.3 Å². The minimum absolute atomic E-state index is 0.0147. The van der Waals surface area contributed by atoms with Gasteiger partial charge in [0.05, 0.1) is 0 Å². The van der Waals surface area contributed by atoms with E-state index >= 15 is 0 Å². The zero-order valence-electron chi connectivity index (χ0n) is 14.6. The maximum Gasteiger partial charge on any atom is 0.186 e. The van der Waals surface area contributed by atoms with Crippen molar-refractivity contribution >= 4 is 5.57 Å². The fourth-order valence-corrected chi connectivity index (χ4v) is 3.05. The highest BCUT2D eigenvalue weighted by atomic mass is 16.5. The van der Waals surface area contributed by atoms with E-state index in [1.54, 1.807) is 0 Å². The van der Waals surface area contributed by atoms with Crippen LogP contribution in [0.25, 0.3) is 5.57 Å². The lowest BCUT2D eigenvalue weighted by Gasteiger charge is -2.33. The molecule has 2 N–H and O–H groups in total. The van der Waals surface area contributed by atoms with Gasteiger partial charge >= 0.3 is 0 Å². The first kappa shape index (κ1) is 17.0. The van der Waals surface area contributed by atoms with E-state index in [1.807, 2.05) is 12.2 Å². The van der Waals surface area contributed by atoms with Crippen molar-refractivity contribution < 1.29 is 10.2 Å². The molecule has 1 aromatic carbocycles. The predicted molar refractivity (Wildman–Crippen MR) is 92.7 cm³/mol. The number of allylic oxidation sites excluding steroid dienone is 2. The monoisotopic (exact) mass is 300 g/mol. The Hall–Kier alpha value is -1.38. The molecule has 0 amide bonds. The highest BCUT2D eigenvalue weighted by Crippen LogP contribution is 2.40. The molecule has 0 unspecified atom stereocenters. The van der Waals surface area contributed by atoms with E-state index in [4.69, 9.17) is 0 Å². The number of aliphatic hydroxyl groups is 2. The molecule has 120 valence electrons. The summed E-state index contributed by atoms with van der Waals surface area (Å²) < 4.78 is 0. The number of hydrogen-bond donors (Lipinski definition) is 2. The third-order valence-corrected chi connectivity index (χ3v) is 4.09. The van der Waals surface area contributed by atoms with Crippen LogP contribution in [-0.2, 0) is 10.8 Å². The molecule has 2 rings (SSSR count). The van der Waals surface area contributed by atoms with Gasteiger partial charge in [-0.25, -0.2) is 0 Å². The van der Waals surface area contributed by atoms with Gasteiger partial charge in [0.25, 0.3) is 0 Å². The summed E-state index contributed by atoms with van der Waals surface area (Å²) in [7, 11) is 0. The van der Waals surface area contributed by atoms with Gasteiger partial charge in [-0.3, -0.25) is 0 Å². The Morgan fingerprint density at radius 1 is 0.955 bits per heavy atom. The van der Waals surface area contributed by atoms with Gasteiger partial charge in [0.15, 0.2) is 5.79 Å². The van der Waals surface area contributed by atoms with Crippen LogP contribution < -0.4 is 0 Å². The lowest BCUT2D eigenvalue weighted by molar-refractivity contribution is -0.114. The van der Waals surface area contributed by atoms with Crippen LogP contribution in [0.1, 0.15) is 64.7 Å². The van der Waals surface area contributed by atoms with Gasteiger partial charge in [-0.05, 0) is 39.2 Å². The number of rotatable bonds is 1. The Morgan fingerprint density at radius 2 is 1.59 bits per heavy atom. The molecule has 0 aromatic heterocycles. The molecule has 1 aromatic rings. The van der Waals surface area contributed by atoms with E-state index in [1.165, 1.54) is 22.8 Å². The van der Waals surface area contributed by atoms with Crippen molar-refractivity contribution in [2.45, 2.75) is 64.6 Å². The molecule has 0 aliphatic heterocycles. The van der Waals surface area contributed by atoms with Crippen LogP contribution in [0.2, 0.25) is 0 Å². The average molecular weight is 300 g/mol. The highest BCUT2D eigenvalue weighted by Gasteiger charge is 2.29. The van der Waals surface area contributed by atoms with Crippen LogP contribution in [0.5, 0.6) is 0 Å². The summed E-state index contributed by atoms with van der Waals surface area (Å²) in [4.78, 5) is 0. The maximum atomic E-state index is 9.68. The van der Waals surface area contributed by atoms with Gasteiger partial charge < -0.3 is 10.2 Å². The van der Waals surface area contributed by atoms with Gasteiger partial charge in [-0.2, -0.15) is 0 Å². The van der Waals surface area contributed by atoms with Crippen molar-refractivity contribution in [1.82, 2.24) is 0 Å². The van der Waals surface area contributed by atoms with Crippen LogP contribution in [0, 0.1) is 0 Å². The molecular formula is C20H28O2. The lowest BCUT2D eigenvalue weighted by Crippen LogP contribution is -2.26. The average Bonchev–Trinajstić information content (AvgIpc) is 2.36. The quantitative estimate of drug-likeness (QED) is 0.759. The van der Waals surface area contributed by atoms with E-state index < -0.39 is 5.79 Å². The fraction of sp³-hybridized carbons (Fsp3) is 0.500. The summed E-state index contributed by atoms with van der Waals surface area (Å²) in [5.41, 5.74) is 5.01. The molecule has 0 heterocycles. The first-order chi connectivity index (χ1) is 9.92. The van der Waals surface area contributed by atoms with Gasteiger partial charge in [0, 0.05) is 6.42 Å². The van der Waals surface area contributed by atoms with Crippen molar-refractivity contribution in [3.63, 3.8) is 0 Å². The molecule has 0 spiro atoms. The maximum absolute atomic E-state index is 9.68. The second-order valence-electron chi connectivity index (χ2n) is 8.30. The highest BCUT2D eigenvalue weighted by molar-refractivity contribution is 5.79. The third kappa shape index (κ3) is 3.50. The van der Waals surface area contributed by atoms with E-state index in [0.29, 0.717) is 0 Å². The molecule has 22 heavy (non-hydrogen) atoms. The normalized spacial score (nSPS) is 18.3. The summed E-state index contributed by atoms with van der Waals surface area (Å²) in [5, 5.41) is 19.4. The second-order valence-corrected chi connectivity index (χ2v) is 8.30. The van der Waals surface area contributed by atoms with Gasteiger partial charge in [0.1, 0.15) is 0 Å². The summed E-state index contributed by atoms with van der Waals surface area (Å²) >= 11 is 0. The smallest absolute Gasteiger partial charge is 0.186 e. The zero-order chi connectivity index (χ0) is 16.8. The minimum Gasteiger partial charge on any atom is -0.362 e. The van der Waals surface area contributed by atoms with Crippen LogP contribution in [0.4, 0.5) is 0 Å². The summed E-state index contributed by atoms with van der Waals surface area (Å²) in [6, 6.07) is 6.44. The first-order valence-electron chi connectivity index (χ1n) is 7.90. The summed E-state index contributed by atoms with van der Waals surface area (Å²) in [6.07, 6.45) is 5.43. The Kier molecular flexibility index (Phi) is 4.14. The zero-order valence-corrected chi connectivity index (χ0v) is 14.6. The van der Waals surface area contributed by atoms with E-state index in [2.05, 4.69) is 59.7 Å². The van der Waals surface area contributed by atoms with Gasteiger partial charge in [0.2, 0.25) is 0 Å². The van der Waals surface area contributed by atoms with Crippen molar-refractivity contribution in [3.05, 3.63) is 53.1 Å². The molecular weight excluding hydrogens is 272 g/mol. The molecule has 1 aliphatic carbocycles. The Morgan fingerprint density at radius 3 is 2.05 bits per heavy atom. The molecule has 2 nitrogen and oxygen atoms in total. The molecule has 2 heteroatoms. The molecule has 0 saturated carbocycles. The van der Waals surface area contributed by atoms with Gasteiger partial charge in [-0.1, -0.05) is 71.9 Å². The van der Waals surface area contributed by atoms with Crippen LogP contribution in [0.3, 0.4) is 0 Å². The van der Waals surface area contributed by atoms with Gasteiger partial charge in [-0.15, -0.1) is 0 Å². The van der Waals surface area contributed by atoms with Crippen molar-refractivity contribution in [2.24, 2.45) is 0 Å². The standard InChI is InChI=1S/C20H28O2/c1-18(2,3)16-9-7-8-15(17(16)19(4,5)6)14-10-12-20(21,22)13-11-14/h7-12,21-22H,13H2,1-6H3. The summed E-state index contributed by atoms with van der Waals surface area (Å²) in [5.74, 6) is -1.72.